The molecule has 1 saturated heterocycles. The van der Waals surface area contributed by atoms with E-state index in [2.05, 4.69) is 6.92 Å². The standard InChI is InChI=1S/C22H23Cl2NO4S/c1-14-10-19(14)21-6-5-18(29-21)12-25(17-8-9-30(27,28)13-17)22(26)7-3-15-2-4-16(23)11-20(15)24/h2-7,11,14,17,19H,8-10,12-13H2,1H3/b7-3+. The summed E-state index contributed by atoms with van der Waals surface area (Å²) < 4.78 is 30.0. The number of carbonyl (C=O) groups excluding carboxylic acids is 1. The molecule has 1 aliphatic heterocycles. The molecule has 2 aliphatic rings. The van der Waals surface area contributed by atoms with Crippen molar-refractivity contribution in [2.45, 2.75) is 38.3 Å². The molecule has 1 amide bonds. The highest BCUT2D eigenvalue weighted by atomic mass is 35.5. The van der Waals surface area contributed by atoms with Crippen molar-refractivity contribution in [2.24, 2.45) is 5.92 Å². The first kappa shape index (κ1) is 21.5. The van der Waals surface area contributed by atoms with E-state index in [0.29, 0.717) is 39.6 Å². The summed E-state index contributed by atoms with van der Waals surface area (Å²) >= 11 is 12.1. The number of rotatable bonds is 6. The van der Waals surface area contributed by atoms with Crippen LogP contribution in [0, 0.1) is 5.92 Å². The second-order valence-corrected chi connectivity index (χ2v) is 11.2. The molecule has 0 spiro atoms. The molecule has 1 aliphatic carbocycles. The van der Waals surface area contributed by atoms with Crippen molar-refractivity contribution < 1.29 is 17.6 Å². The van der Waals surface area contributed by atoms with Crippen molar-refractivity contribution in [1.82, 2.24) is 4.90 Å². The maximum Gasteiger partial charge on any atom is 0.247 e. The minimum atomic E-state index is -3.13. The summed E-state index contributed by atoms with van der Waals surface area (Å²) in [5.74, 6) is 2.46. The maximum atomic E-state index is 13.0. The second-order valence-electron chi connectivity index (χ2n) is 8.15. The lowest BCUT2D eigenvalue weighted by Gasteiger charge is -2.26. The third-order valence-corrected chi connectivity index (χ3v) is 8.10. The van der Waals surface area contributed by atoms with Gasteiger partial charge in [-0.05, 0) is 54.7 Å². The summed E-state index contributed by atoms with van der Waals surface area (Å²) in [5, 5.41) is 0.954. The predicted molar refractivity (Wildman–Crippen MR) is 118 cm³/mol. The average Bonchev–Trinajstić information content (AvgIpc) is 3.07. The summed E-state index contributed by atoms with van der Waals surface area (Å²) in [7, 11) is -3.13. The van der Waals surface area contributed by atoms with Gasteiger partial charge in [0, 0.05) is 28.1 Å². The van der Waals surface area contributed by atoms with Crippen LogP contribution in [-0.4, -0.2) is 36.8 Å². The molecule has 30 heavy (non-hydrogen) atoms. The minimum Gasteiger partial charge on any atom is -0.464 e. The lowest BCUT2D eigenvalue weighted by Crippen LogP contribution is -2.39. The SMILES string of the molecule is CC1CC1c1ccc(CN(C(=O)/C=C/c2ccc(Cl)cc2Cl)C2CCS(=O)(=O)C2)o1. The maximum absolute atomic E-state index is 13.0. The van der Waals surface area contributed by atoms with Gasteiger partial charge in [0.25, 0.3) is 0 Å². The van der Waals surface area contributed by atoms with Gasteiger partial charge in [0.15, 0.2) is 9.84 Å². The monoisotopic (exact) mass is 467 g/mol. The fourth-order valence-electron chi connectivity index (χ4n) is 3.87. The van der Waals surface area contributed by atoms with Gasteiger partial charge in [-0.3, -0.25) is 4.79 Å². The Morgan fingerprint density at radius 3 is 2.67 bits per heavy atom. The van der Waals surface area contributed by atoms with Crippen LogP contribution in [-0.2, 0) is 21.2 Å². The Labute approximate surface area is 186 Å². The van der Waals surface area contributed by atoms with E-state index in [-0.39, 0.29) is 30.0 Å². The van der Waals surface area contributed by atoms with E-state index in [1.807, 2.05) is 12.1 Å². The molecule has 0 radical (unpaired) electrons. The molecule has 160 valence electrons. The number of nitrogens with zero attached hydrogens (tertiary/aromatic N) is 1. The van der Waals surface area contributed by atoms with Crippen LogP contribution in [0.25, 0.3) is 6.08 Å². The van der Waals surface area contributed by atoms with Crippen LogP contribution < -0.4 is 0 Å². The van der Waals surface area contributed by atoms with E-state index < -0.39 is 9.84 Å². The zero-order chi connectivity index (χ0) is 21.5. The van der Waals surface area contributed by atoms with Crippen LogP contribution in [0.15, 0.2) is 40.8 Å². The molecule has 2 aromatic rings. The summed E-state index contributed by atoms with van der Waals surface area (Å²) in [6, 6.07) is 8.50. The molecule has 1 aromatic carbocycles. The average molecular weight is 468 g/mol. The minimum absolute atomic E-state index is 0.0263. The first-order valence-electron chi connectivity index (χ1n) is 9.94. The van der Waals surface area contributed by atoms with Gasteiger partial charge < -0.3 is 9.32 Å². The van der Waals surface area contributed by atoms with E-state index in [1.54, 1.807) is 29.2 Å². The van der Waals surface area contributed by atoms with Gasteiger partial charge in [0.1, 0.15) is 11.5 Å². The number of hydrogen-bond donors (Lipinski definition) is 0. The molecular weight excluding hydrogens is 445 g/mol. The van der Waals surface area contributed by atoms with E-state index in [9.17, 15) is 13.2 Å². The Balaban J connectivity index is 1.54. The van der Waals surface area contributed by atoms with Crippen molar-refractivity contribution in [3.05, 3.63) is 63.5 Å². The van der Waals surface area contributed by atoms with Gasteiger partial charge in [0.2, 0.25) is 5.91 Å². The third-order valence-electron chi connectivity index (χ3n) is 5.78. The van der Waals surface area contributed by atoms with Crippen molar-refractivity contribution in [1.29, 1.82) is 0 Å². The highest BCUT2D eigenvalue weighted by Gasteiger charge is 2.37. The number of carbonyl (C=O) groups is 1. The Morgan fingerprint density at radius 2 is 2.03 bits per heavy atom. The van der Waals surface area contributed by atoms with E-state index in [1.165, 1.54) is 6.08 Å². The predicted octanol–water partition coefficient (Wildman–Crippen LogP) is 4.94. The number of furan rings is 1. The molecular formula is C22H23Cl2NO4S. The zero-order valence-electron chi connectivity index (χ0n) is 16.6. The number of halogens is 2. The molecule has 5 nitrogen and oxygen atoms in total. The smallest absolute Gasteiger partial charge is 0.247 e. The quantitative estimate of drug-likeness (QED) is 0.564. The largest absolute Gasteiger partial charge is 0.464 e. The van der Waals surface area contributed by atoms with Crippen LogP contribution in [0.3, 0.4) is 0 Å². The number of sulfone groups is 1. The molecule has 4 rings (SSSR count). The Bertz CT molecular complexity index is 1090. The van der Waals surface area contributed by atoms with Crippen LogP contribution in [0.4, 0.5) is 0 Å². The van der Waals surface area contributed by atoms with E-state index in [4.69, 9.17) is 27.6 Å². The fourth-order valence-corrected chi connectivity index (χ4v) is 6.07. The Kier molecular flexibility index (Phi) is 6.02. The fraction of sp³-hybridized carbons (Fsp3) is 0.409. The second kappa shape index (κ2) is 8.40. The van der Waals surface area contributed by atoms with Crippen LogP contribution >= 0.6 is 23.2 Å². The molecule has 1 aromatic heterocycles. The molecule has 0 bridgehead atoms. The van der Waals surface area contributed by atoms with Gasteiger partial charge in [-0.15, -0.1) is 0 Å². The molecule has 0 N–H and O–H groups in total. The Hall–Kier alpha value is -1.76. The molecule has 3 unspecified atom stereocenters. The number of benzene rings is 1. The van der Waals surface area contributed by atoms with Gasteiger partial charge in [-0.2, -0.15) is 0 Å². The number of amides is 1. The molecule has 8 heteroatoms. The lowest BCUT2D eigenvalue weighted by atomic mass is 10.1. The summed E-state index contributed by atoms with van der Waals surface area (Å²) in [6.45, 7) is 2.41. The van der Waals surface area contributed by atoms with Crippen molar-refractivity contribution >= 4 is 45.0 Å². The lowest BCUT2D eigenvalue weighted by molar-refractivity contribution is -0.128. The van der Waals surface area contributed by atoms with Gasteiger partial charge >= 0.3 is 0 Å². The van der Waals surface area contributed by atoms with Crippen molar-refractivity contribution in [3.8, 4) is 0 Å². The third kappa shape index (κ3) is 4.93. The van der Waals surface area contributed by atoms with Crippen molar-refractivity contribution in [2.75, 3.05) is 11.5 Å². The van der Waals surface area contributed by atoms with Crippen LogP contribution in [0.1, 0.15) is 42.8 Å². The molecule has 1 saturated carbocycles. The molecule has 2 fully saturated rings. The highest BCUT2D eigenvalue weighted by molar-refractivity contribution is 7.91. The van der Waals surface area contributed by atoms with E-state index >= 15 is 0 Å². The first-order valence-corrected chi connectivity index (χ1v) is 12.5. The molecule has 2 heterocycles. The van der Waals surface area contributed by atoms with Gasteiger partial charge in [0.05, 0.1) is 18.1 Å². The summed E-state index contributed by atoms with van der Waals surface area (Å²) in [6.07, 6.45) is 4.58. The van der Waals surface area contributed by atoms with Gasteiger partial charge in [-0.25, -0.2) is 8.42 Å². The zero-order valence-corrected chi connectivity index (χ0v) is 18.9. The highest BCUT2D eigenvalue weighted by Crippen LogP contribution is 2.47. The van der Waals surface area contributed by atoms with E-state index in [0.717, 1.165) is 12.2 Å². The normalized spacial score (nSPS) is 25.0. The Morgan fingerprint density at radius 1 is 1.27 bits per heavy atom. The molecule has 3 atom stereocenters. The van der Waals surface area contributed by atoms with Crippen LogP contribution in [0.5, 0.6) is 0 Å². The van der Waals surface area contributed by atoms with Crippen LogP contribution in [0.2, 0.25) is 10.0 Å². The number of hydrogen-bond acceptors (Lipinski definition) is 4. The summed E-state index contributed by atoms with van der Waals surface area (Å²) in [5.41, 5.74) is 0.663. The summed E-state index contributed by atoms with van der Waals surface area (Å²) in [4.78, 5) is 14.6. The first-order chi connectivity index (χ1) is 14.2. The van der Waals surface area contributed by atoms with Gasteiger partial charge in [-0.1, -0.05) is 36.2 Å². The van der Waals surface area contributed by atoms with Crippen molar-refractivity contribution in [3.63, 3.8) is 0 Å². The topological polar surface area (TPSA) is 67.6 Å².